The van der Waals surface area contributed by atoms with Crippen LogP contribution in [-0.4, -0.2) is 53.5 Å². The summed E-state index contributed by atoms with van der Waals surface area (Å²) >= 11 is 1.61. The molecule has 2 rings (SSSR count). The molecule has 1 amide bonds. The first kappa shape index (κ1) is 22.0. The molecule has 1 fully saturated rings. The van der Waals surface area contributed by atoms with Gasteiger partial charge < -0.3 is 19.9 Å². The standard InChI is InChI=1S/C19H26N2O6S/c1-12(16-20-15(11-28-16)18(24)26-2)8-9-14(17(22)23)21-19(25)27-10-13-6-4-3-5-7-13/h3-7,12,14-16,20H,8-11H2,1-2H3,(H,21,25)(H,22,23)/t12-,14-,15+,16-/m1/s1. The smallest absolute Gasteiger partial charge is 0.408 e. The topological polar surface area (TPSA) is 114 Å². The van der Waals surface area contributed by atoms with Crippen molar-refractivity contribution in [1.29, 1.82) is 0 Å². The van der Waals surface area contributed by atoms with Crippen LogP contribution in [0.15, 0.2) is 30.3 Å². The summed E-state index contributed by atoms with van der Waals surface area (Å²) < 4.78 is 9.82. The van der Waals surface area contributed by atoms with Crippen LogP contribution in [0.1, 0.15) is 25.3 Å². The largest absolute Gasteiger partial charge is 0.480 e. The molecule has 1 aliphatic rings. The van der Waals surface area contributed by atoms with Crippen LogP contribution in [0.4, 0.5) is 4.79 Å². The van der Waals surface area contributed by atoms with E-state index in [1.54, 1.807) is 11.8 Å². The Morgan fingerprint density at radius 1 is 1.29 bits per heavy atom. The Morgan fingerprint density at radius 3 is 2.64 bits per heavy atom. The molecule has 154 valence electrons. The van der Waals surface area contributed by atoms with Crippen LogP contribution in [0.5, 0.6) is 0 Å². The number of amides is 1. The normalized spacial score (nSPS) is 20.8. The molecular formula is C19H26N2O6S. The fraction of sp³-hybridized carbons (Fsp3) is 0.526. The first-order chi connectivity index (χ1) is 13.4. The van der Waals surface area contributed by atoms with Gasteiger partial charge in [0.2, 0.25) is 0 Å². The Balaban J connectivity index is 1.76. The Kier molecular flexibility index (Phi) is 8.59. The average Bonchev–Trinajstić information content (AvgIpc) is 3.19. The minimum absolute atomic E-state index is 0.0311. The maximum Gasteiger partial charge on any atom is 0.408 e. The minimum Gasteiger partial charge on any atom is -0.480 e. The number of esters is 1. The first-order valence-electron chi connectivity index (χ1n) is 9.06. The molecule has 0 radical (unpaired) electrons. The molecule has 0 saturated carbocycles. The summed E-state index contributed by atoms with van der Waals surface area (Å²) in [6.45, 7) is 2.06. The van der Waals surface area contributed by atoms with Gasteiger partial charge in [-0.15, -0.1) is 11.8 Å². The monoisotopic (exact) mass is 410 g/mol. The lowest BCUT2D eigenvalue weighted by molar-refractivity contribution is -0.142. The van der Waals surface area contributed by atoms with Crippen LogP contribution in [0, 0.1) is 5.92 Å². The average molecular weight is 410 g/mol. The van der Waals surface area contributed by atoms with Gasteiger partial charge in [0.05, 0.1) is 12.5 Å². The molecule has 0 unspecified atom stereocenters. The van der Waals surface area contributed by atoms with Gasteiger partial charge in [-0.25, -0.2) is 9.59 Å². The van der Waals surface area contributed by atoms with E-state index in [1.807, 2.05) is 37.3 Å². The summed E-state index contributed by atoms with van der Waals surface area (Å²) in [7, 11) is 1.35. The number of aliphatic carboxylic acids is 1. The molecule has 0 aliphatic carbocycles. The number of carboxylic acids is 1. The summed E-state index contributed by atoms with van der Waals surface area (Å²) in [5.74, 6) is -0.672. The minimum atomic E-state index is -1.11. The molecule has 4 atom stereocenters. The molecular weight excluding hydrogens is 384 g/mol. The highest BCUT2D eigenvalue weighted by atomic mass is 32.2. The second-order valence-electron chi connectivity index (χ2n) is 6.65. The maximum atomic E-state index is 11.9. The molecule has 28 heavy (non-hydrogen) atoms. The lowest BCUT2D eigenvalue weighted by Gasteiger charge is -2.21. The number of hydrogen-bond acceptors (Lipinski definition) is 7. The fourth-order valence-corrected chi connectivity index (χ4v) is 4.20. The number of hydrogen-bond donors (Lipinski definition) is 3. The molecule has 1 aliphatic heterocycles. The van der Waals surface area contributed by atoms with E-state index < -0.39 is 18.1 Å². The fourth-order valence-electron chi connectivity index (χ4n) is 2.85. The highest BCUT2D eigenvalue weighted by Gasteiger charge is 2.33. The summed E-state index contributed by atoms with van der Waals surface area (Å²) in [6, 6.07) is 7.78. The lowest BCUT2D eigenvalue weighted by atomic mass is 10.0. The van der Waals surface area contributed by atoms with Crippen molar-refractivity contribution in [3.63, 3.8) is 0 Å². The Bertz CT molecular complexity index is 672. The van der Waals surface area contributed by atoms with Crippen molar-refractivity contribution in [3.05, 3.63) is 35.9 Å². The second-order valence-corrected chi connectivity index (χ2v) is 7.82. The van der Waals surface area contributed by atoms with E-state index in [-0.39, 0.29) is 36.3 Å². The van der Waals surface area contributed by atoms with Crippen LogP contribution < -0.4 is 10.6 Å². The summed E-state index contributed by atoms with van der Waals surface area (Å²) in [6.07, 6.45) is 0.0654. The van der Waals surface area contributed by atoms with Crippen LogP contribution in [0.3, 0.4) is 0 Å². The summed E-state index contributed by atoms with van der Waals surface area (Å²) in [4.78, 5) is 35.0. The summed E-state index contributed by atoms with van der Waals surface area (Å²) in [5.41, 5.74) is 0.822. The first-order valence-corrected chi connectivity index (χ1v) is 10.1. The number of alkyl carbamates (subject to hydrolysis) is 1. The number of rotatable bonds is 9. The molecule has 1 heterocycles. The van der Waals surface area contributed by atoms with Crippen molar-refractivity contribution in [2.75, 3.05) is 12.9 Å². The van der Waals surface area contributed by atoms with Gasteiger partial charge in [0.15, 0.2) is 0 Å². The van der Waals surface area contributed by atoms with E-state index in [4.69, 9.17) is 9.47 Å². The summed E-state index contributed by atoms with van der Waals surface area (Å²) in [5, 5.41) is 15.0. The van der Waals surface area contributed by atoms with E-state index in [9.17, 15) is 19.5 Å². The van der Waals surface area contributed by atoms with Crippen LogP contribution >= 0.6 is 11.8 Å². The molecule has 9 heteroatoms. The molecule has 0 spiro atoms. The molecule has 0 bridgehead atoms. The van der Waals surface area contributed by atoms with Crippen molar-refractivity contribution < 1.29 is 29.0 Å². The molecule has 1 aromatic rings. The molecule has 8 nitrogen and oxygen atoms in total. The number of carbonyl (C=O) groups is 3. The predicted molar refractivity (Wildman–Crippen MR) is 105 cm³/mol. The molecule has 0 aromatic heterocycles. The highest BCUT2D eigenvalue weighted by molar-refractivity contribution is 8.00. The van der Waals surface area contributed by atoms with E-state index in [0.717, 1.165) is 5.56 Å². The second kappa shape index (κ2) is 10.9. The Morgan fingerprint density at radius 2 is 2.00 bits per heavy atom. The van der Waals surface area contributed by atoms with Crippen molar-refractivity contribution in [2.45, 2.75) is 43.8 Å². The molecule has 1 saturated heterocycles. The van der Waals surface area contributed by atoms with Crippen molar-refractivity contribution in [1.82, 2.24) is 10.6 Å². The van der Waals surface area contributed by atoms with Gasteiger partial charge in [-0.3, -0.25) is 10.1 Å². The van der Waals surface area contributed by atoms with Crippen LogP contribution in [0.25, 0.3) is 0 Å². The molecule has 1 aromatic carbocycles. The lowest BCUT2D eigenvalue weighted by Crippen LogP contribution is -2.42. The van der Waals surface area contributed by atoms with E-state index in [1.165, 1.54) is 7.11 Å². The van der Waals surface area contributed by atoms with Gasteiger partial charge in [0, 0.05) is 5.75 Å². The van der Waals surface area contributed by atoms with Gasteiger partial charge in [-0.05, 0) is 24.3 Å². The predicted octanol–water partition coefficient (Wildman–Crippen LogP) is 1.99. The number of benzene rings is 1. The third-order valence-corrected chi connectivity index (χ3v) is 6.01. The zero-order valence-corrected chi connectivity index (χ0v) is 16.7. The Labute approximate surface area is 168 Å². The molecule has 3 N–H and O–H groups in total. The zero-order valence-electron chi connectivity index (χ0n) is 15.9. The third-order valence-electron chi connectivity index (χ3n) is 4.52. The number of ether oxygens (including phenoxy) is 2. The van der Waals surface area contributed by atoms with Crippen molar-refractivity contribution in [2.24, 2.45) is 5.92 Å². The highest BCUT2D eigenvalue weighted by Crippen LogP contribution is 2.28. The SMILES string of the molecule is COC(=O)[C@@H]1CS[C@H]([C@H](C)CC[C@@H](NC(=O)OCc2ccccc2)C(=O)O)N1. The quantitative estimate of drug-likeness (QED) is 0.530. The van der Waals surface area contributed by atoms with Gasteiger partial charge in [-0.2, -0.15) is 0 Å². The number of carbonyl (C=O) groups excluding carboxylic acids is 2. The van der Waals surface area contributed by atoms with Crippen LogP contribution in [-0.2, 0) is 25.7 Å². The van der Waals surface area contributed by atoms with Gasteiger partial charge >= 0.3 is 18.0 Å². The van der Waals surface area contributed by atoms with Crippen LogP contribution in [0.2, 0.25) is 0 Å². The Hall–Kier alpha value is -2.26. The van der Waals surface area contributed by atoms with Crippen molar-refractivity contribution >= 4 is 29.8 Å². The van der Waals surface area contributed by atoms with Gasteiger partial charge in [-0.1, -0.05) is 37.3 Å². The zero-order chi connectivity index (χ0) is 20.5. The van der Waals surface area contributed by atoms with Gasteiger partial charge in [0.1, 0.15) is 18.7 Å². The number of carboxylic acid groups (broad SMARTS) is 1. The third kappa shape index (κ3) is 6.72. The van der Waals surface area contributed by atoms with E-state index in [0.29, 0.717) is 12.2 Å². The van der Waals surface area contributed by atoms with Crippen molar-refractivity contribution in [3.8, 4) is 0 Å². The van der Waals surface area contributed by atoms with E-state index >= 15 is 0 Å². The van der Waals surface area contributed by atoms with E-state index in [2.05, 4.69) is 10.6 Å². The number of nitrogens with one attached hydrogen (secondary N) is 2. The number of thioether (sulfide) groups is 1. The maximum absolute atomic E-state index is 11.9. The van der Waals surface area contributed by atoms with Gasteiger partial charge in [0.25, 0.3) is 0 Å². The number of methoxy groups -OCH3 is 1.